The predicted molar refractivity (Wildman–Crippen MR) is 143 cm³/mol. The first kappa shape index (κ1) is 26.5. The summed E-state index contributed by atoms with van der Waals surface area (Å²) in [5.41, 5.74) is 3.13. The lowest BCUT2D eigenvalue weighted by Gasteiger charge is -2.05. The van der Waals surface area contributed by atoms with Gasteiger partial charge in [0.1, 0.15) is 0 Å². The molecule has 0 amide bonds. The van der Waals surface area contributed by atoms with Crippen molar-refractivity contribution in [2.24, 2.45) is 0 Å². The van der Waals surface area contributed by atoms with E-state index in [9.17, 15) is 4.79 Å². The minimum absolute atomic E-state index is 0.0792. The van der Waals surface area contributed by atoms with Gasteiger partial charge in [0.05, 0.1) is 0 Å². The number of rotatable bonds is 17. The number of hydrogen-bond acceptors (Lipinski definition) is 2. The highest BCUT2D eigenvalue weighted by atomic mass is 32.2. The van der Waals surface area contributed by atoms with E-state index in [-0.39, 0.29) is 5.78 Å². The van der Waals surface area contributed by atoms with Gasteiger partial charge in [-0.2, -0.15) is 0 Å². The van der Waals surface area contributed by atoms with Gasteiger partial charge in [-0.05, 0) is 54.5 Å². The lowest BCUT2D eigenvalue weighted by atomic mass is 10.0. The van der Waals surface area contributed by atoms with Crippen molar-refractivity contribution in [2.45, 2.75) is 95.3 Å². The Hall–Kier alpha value is -1.80. The molecule has 0 radical (unpaired) electrons. The molecule has 0 fully saturated rings. The highest BCUT2D eigenvalue weighted by Crippen LogP contribution is 2.17. The lowest BCUT2D eigenvalue weighted by Crippen LogP contribution is -1.96. The SMILES string of the molecule is CCCCCCCCCCCCCCc1cccc(C(=O)/C=C/c2ccc(SC)cc2)c1. The largest absolute Gasteiger partial charge is 0.289 e. The molecule has 2 heteroatoms. The van der Waals surface area contributed by atoms with Gasteiger partial charge >= 0.3 is 0 Å². The Labute approximate surface area is 201 Å². The summed E-state index contributed by atoms with van der Waals surface area (Å²) < 4.78 is 0. The number of carbonyl (C=O) groups is 1. The fourth-order valence-electron chi connectivity index (χ4n) is 4.03. The highest BCUT2D eigenvalue weighted by Gasteiger charge is 2.03. The molecule has 0 N–H and O–H groups in total. The minimum atomic E-state index is 0.0792. The Morgan fingerprint density at radius 2 is 1.38 bits per heavy atom. The molecule has 0 spiro atoms. The van der Waals surface area contributed by atoms with Crippen LogP contribution in [0.15, 0.2) is 59.5 Å². The van der Waals surface area contributed by atoms with Crippen LogP contribution in [0.5, 0.6) is 0 Å². The van der Waals surface area contributed by atoms with Gasteiger partial charge in [0, 0.05) is 10.5 Å². The summed E-state index contributed by atoms with van der Waals surface area (Å²) in [5, 5.41) is 0. The molecule has 0 aliphatic heterocycles. The minimum Gasteiger partial charge on any atom is -0.289 e. The maximum atomic E-state index is 12.6. The standard InChI is InChI=1S/C30H42OS/c1-3-4-5-6-7-8-9-10-11-12-13-14-16-27-17-15-18-28(25-27)30(31)24-21-26-19-22-29(32-2)23-20-26/h15,17-25H,3-14,16H2,1-2H3/b24-21+. The van der Waals surface area contributed by atoms with E-state index < -0.39 is 0 Å². The zero-order chi connectivity index (χ0) is 22.9. The highest BCUT2D eigenvalue weighted by molar-refractivity contribution is 7.98. The molecule has 32 heavy (non-hydrogen) atoms. The van der Waals surface area contributed by atoms with Crippen molar-refractivity contribution in [3.8, 4) is 0 Å². The molecule has 0 bridgehead atoms. The molecule has 174 valence electrons. The maximum Gasteiger partial charge on any atom is 0.185 e. The first-order chi connectivity index (χ1) is 15.7. The molecule has 2 aromatic rings. The molecule has 2 aromatic carbocycles. The van der Waals surface area contributed by atoms with Crippen molar-refractivity contribution in [3.05, 3.63) is 71.3 Å². The molecular formula is C30H42OS. The predicted octanol–water partition coefficient (Wildman–Crippen LogP) is 9.55. The number of allylic oxidation sites excluding steroid dienone is 1. The number of thioether (sulfide) groups is 1. The lowest BCUT2D eigenvalue weighted by molar-refractivity contribution is 0.104. The first-order valence-electron chi connectivity index (χ1n) is 12.7. The van der Waals surface area contributed by atoms with E-state index in [2.05, 4.69) is 49.6 Å². The summed E-state index contributed by atoms with van der Waals surface area (Å²) in [7, 11) is 0. The third kappa shape index (κ3) is 11.2. The van der Waals surface area contributed by atoms with E-state index in [0.717, 1.165) is 17.5 Å². The van der Waals surface area contributed by atoms with Crippen LogP contribution in [0.25, 0.3) is 6.08 Å². The number of aryl methyl sites for hydroxylation is 1. The molecule has 0 aliphatic rings. The quantitative estimate of drug-likeness (QED) is 0.103. The molecule has 0 atom stereocenters. The molecule has 0 aliphatic carbocycles. The van der Waals surface area contributed by atoms with Gasteiger partial charge in [-0.15, -0.1) is 11.8 Å². The Morgan fingerprint density at radius 3 is 1.97 bits per heavy atom. The second-order valence-electron chi connectivity index (χ2n) is 8.81. The molecule has 1 nitrogen and oxygen atoms in total. The monoisotopic (exact) mass is 450 g/mol. The molecule has 0 saturated carbocycles. The van der Waals surface area contributed by atoms with E-state index in [1.54, 1.807) is 17.8 Å². The second kappa shape index (κ2) is 16.8. The van der Waals surface area contributed by atoms with Crippen LogP contribution in [0.4, 0.5) is 0 Å². The van der Waals surface area contributed by atoms with Crippen molar-refractivity contribution in [1.82, 2.24) is 0 Å². The summed E-state index contributed by atoms with van der Waals surface area (Å²) >= 11 is 1.73. The second-order valence-corrected chi connectivity index (χ2v) is 9.69. The van der Waals surface area contributed by atoms with Crippen LogP contribution < -0.4 is 0 Å². The van der Waals surface area contributed by atoms with Gasteiger partial charge in [0.25, 0.3) is 0 Å². The van der Waals surface area contributed by atoms with Crippen molar-refractivity contribution >= 4 is 23.6 Å². The van der Waals surface area contributed by atoms with Crippen LogP contribution in [0.3, 0.4) is 0 Å². The van der Waals surface area contributed by atoms with Crippen LogP contribution in [0.2, 0.25) is 0 Å². The molecule has 0 heterocycles. The van der Waals surface area contributed by atoms with E-state index in [1.165, 1.54) is 87.5 Å². The zero-order valence-corrected chi connectivity index (χ0v) is 21.1. The van der Waals surface area contributed by atoms with Gasteiger partial charge in [-0.1, -0.05) is 114 Å². The average molecular weight is 451 g/mol. The van der Waals surface area contributed by atoms with Crippen molar-refractivity contribution in [2.75, 3.05) is 6.26 Å². The van der Waals surface area contributed by atoms with E-state index in [1.807, 2.05) is 18.2 Å². The van der Waals surface area contributed by atoms with Crippen LogP contribution in [-0.4, -0.2) is 12.0 Å². The first-order valence-corrected chi connectivity index (χ1v) is 13.9. The van der Waals surface area contributed by atoms with E-state index >= 15 is 0 Å². The summed E-state index contributed by atoms with van der Waals surface area (Å²) in [6.07, 6.45) is 23.2. The number of ketones is 1. The number of hydrogen-bond donors (Lipinski definition) is 0. The molecule has 0 unspecified atom stereocenters. The van der Waals surface area contributed by atoms with Crippen LogP contribution in [0, 0.1) is 0 Å². The maximum absolute atomic E-state index is 12.6. The van der Waals surface area contributed by atoms with Crippen molar-refractivity contribution < 1.29 is 4.79 Å². The van der Waals surface area contributed by atoms with Gasteiger partial charge in [0.15, 0.2) is 5.78 Å². The Morgan fingerprint density at radius 1 is 0.781 bits per heavy atom. The van der Waals surface area contributed by atoms with Gasteiger partial charge in [-0.25, -0.2) is 0 Å². The number of unbranched alkanes of at least 4 members (excludes halogenated alkanes) is 11. The van der Waals surface area contributed by atoms with Gasteiger partial charge in [0.2, 0.25) is 0 Å². The summed E-state index contributed by atoms with van der Waals surface area (Å²) in [4.78, 5) is 13.8. The molecule has 2 rings (SSSR count). The third-order valence-corrected chi connectivity index (χ3v) is 6.82. The summed E-state index contributed by atoms with van der Waals surface area (Å²) in [6, 6.07) is 16.5. The Balaban J connectivity index is 1.62. The Bertz CT molecular complexity index is 791. The Kier molecular flexibility index (Phi) is 13.9. The van der Waals surface area contributed by atoms with E-state index in [0.29, 0.717) is 0 Å². The van der Waals surface area contributed by atoms with Crippen molar-refractivity contribution in [1.29, 1.82) is 0 Å². The van der Waals surface area contributed by atoms with Gasteiger partial charge < -0.3 is 0 Å². The fourth-order valence-corrected chi connectivity index (χ4v) is 4.44. The third-order valence-electron chi connectivity index (χ3n) is 6.07. The number of benzene rings is 2. The molecule has 0 aromatic heterocycles. The molecule has 0 saturated heterocycles. The van der Waals surface area contributed by atoms with Crippen molar-refractivity contribution in [3.63, 3.8) is 0 Å². The zero-order valence-electron chi connectivity index (χ0n) is 20.3. The smallest absolute Gasteiger partial charge is 0.185 e. The summed E-state index contributed by atoms with van der Waals surface area (Å²) in [6.45, 7) is 2.28. The van der Waals surface area contributed by atoms with Crippen LogP contribution in [-0.2, 0) is 6.42 Å². The molecular weight excluding hydrogens is 408 g/mol. The normalized spacial score (nSPS) is 11.3. The van der Waals surface area contributed by atoms with Gasteiger partial charge in [-0.3, -0.25) is 4.79 Å². The summed E-state index contributed by atoms with van der Waals surface area (Å²) in [5.74, 6) is 0.0792. The topological polar surface area (TPSA) is 17.1 Å². The van der Waals surface area contributed by atoms with Crippen LogP contribution in [0.1, 0.15) is 105 Å². The van der Waals surface area contributed by atoms with Crippen LogP contribution >= 0.6 is 11.8 Å². The fraction of sp³-hybridized carbons (Fsp3) is 0.500. The average Bonchev–Trinajstić information content (AvgIpc) is 2.83. The van der Waals surface area contributed by atoms with E-state index in [4.69, 9.17) is 0 Å². The number of carbonyl (C=O) groups excluding carboxylic acids is 1.